The summed E-state index contributed by atoms with van der Waals surface area (Å²) in [6.07, 6.45) is 0.937. The van der Waals surface area contributed by atoms with Crippen LogP contribution in [0.3, 0.4) is 0 Å². The molecule has 8 nitrogen and oxygen atoms in total. The van der Waals surface area contributed by atoms with Gasteiger partial charge >= 0.3 is 0 Å². The van der Waals surface area contributed by atoms with Crippen LogP contribution in [0, 0.1) is 17.0 Å². The first-order chi connectivity index (χ1) is 11.7. The predicted molar refractivity (Wildman–Crippen MR) is 95.1 cm³/mol. The molecule has 1 amide bonds. The standard InChI is InChI=1S/C16H17N3O5S/c1-12-6-3-4-9-15(12)17-16(20)11-18(25(2,23)24)13-7-5-8-14(10-13)19(21)22/h3-10H,11H2,1-2H3,(H,17,20). The van der Waals surface area contributed by atoms with Crippen molar-refractivity contribution in [2.75, 3.05) is 22.4 Å². The maximum absolute atomic E-state index is 12.3. The maximum atomic E-state index is 12.3. The van der Waals surface area contributed by atoms with Crippen LogP contribution in [-0.4, -0.2) is 32.0 Å². The molecule has 0 saturated carbocycles. The van der Waals surface area contributed by atoms with Gasteiger partial charge in [0.25, 0.3) is 5.69 Å². The molecule has 2 aromatic carbocycles. The molecule has 0 saturated heterocycles. The van der Waals surface area contributed by atoms with Crippen LogP contribution in [0.15, 0.2) is 48.5 Å². The Bertz CT molecular complexity index is 911. The number of rotatable bonds is 6. The first-order valence-corrected chi connectivity index (χ1v) is 9.11. The summed E-state index contributed by atoms with van der Waals surface area (Å²) in [5, 5.41) is 13.5. The molecule has 2 aromatic rings. The molecule has 0 aliphatic rings. The van der Waals surface area contributed by atoms with Crippen molar-refractivity contribution in [1.29, 1.82) is 0 Å². The number of amides is 1. The van der Waals surface area contributed by atoms with Gasteiger partial charge in [-0.15, -0.1) is 0 Å². The van der Waals surface area contributed by atoms with Gasteiger partial charge in [-0.2, -0.15) is 0 Å². The number of sulfonamides is 1. The third-order valence-corrected chi connectivity index (χ3v) is 4.58. The quantitative estimate of drug-likeness (QED) is 0.625. The molecule has 0 fully saturated rings. The summed E-state index contributed by atoms with van der Waals surface area (Å²) in [6, 6.07) is 12.2. The molecule has 0 heterocycles. The third-order valence-electron chi connectivity index (χ3n) is 3.44. The molecule has 0 unspecified atom stereocenters. The van der Waals surface area contributed by atoms with Gasteiger partial charge in [-0.25, -0.2) is 8.42 Å². The van der Waals surface area contributed by atoms with E-state index in [1.807, 2.05) is 19.1 Å². The van der Waals surface area contributed by atoms with Gasteiger partial charge in [-0.1, -0.05) is 24.3 Å². The van der Waals surface area contributed by atoms with E-state index >= 15 is 0 Å². The molecule has 0 spiro atoms. The monoisotopic (exact) mass is 363 g/mol. The highest BCUT2D eigenvalue weighted by molar-refractivity contribution is 7.92. The van der Waals surface area contributed by atoms with E-state index < -0.39 is 27.4 Å². The van der Waals surface area contributed by atoms with Crippen LogP contribution in [0.2, 0.25) is 0 Å². The molecular weight excluding hydrogens is 346 g/mol. The number of nitro groups is 1. The Labute approximate surface area is 145 Å². The van der Waals surface area contributed by atoms with Gasteiger partial charge in [0.05, 0.1) is 16.9 Å². The Kier molecular flexibility index (Phi) is 5.38. The molecular formula is C16H17N3O5S. The molecule has 0 atom stereocenters. The second kappa shape index (κ2) is 7.31. The lowest BCUT2D eigenvalue weighted by Gasteiger charge is -2.22. The van der Waals surface area contributed by atoms with Crippen molar-refractivity contribution in [1.82, 2.24) is 0 Å². The number of para-hydroxylation sites is 1. The smallest absolute Gasteiger partial charge is 0.271 e. The third kappa shape index (κ3) is 4.77. The average molecular weight is 363 g/mol. The number of aryl methyl sites for hydroxylation is 1. The maximum Gasteiger partial charge on any atom is 0.271 e. The molecule has 9 heteroatoms. The van der Waals surface area contributed by atoms with Crippen LogP contribution in [0.25, 0.3) is 0 Å². The SMILES string of the molecule is Cc1ccccc1NC(=O)CN(c1cccc([N+](=O)[O-])c1)S(C)(=O)=O. The molecule has 132 valence electrons. The summed E-state index contributed by atoms with van der Waals surface area (Å²) < 4.78 is 24.9. The first-order valence-electron chi connectivity index (χ1n) is 7.26. The van der Waals surface area contributed by atoms with Gasteiger partial charge in [0.1, 0.15) is 6.54 Å². The molecule has 2 rings (SSSR count). The Morgan fingerprint density at radius 2 is 1.88 bits per heavy atom. The second-order valence-electron chi connectivity index (χ2n) is 5.41. The Hall–Kier alpha value is -2.94. The van der Waals surface area contributed by atoms with Gasteiger partial charge in [0, 0.05) is 17.8 Å². The van der Waals surface area contributed by atoms with Gasteiger partial charge in [-0.05, 0) is 24.6 Å². The number of hydrogen-bond donors (Lipinski definition) is 1. The zero-order valence-corrected chi connectivity index (χ0v) is 14.5. The number of non-ortho nitro benzene ring substituents is 1. The van der Waals surface area contributed by atoms with E-state index in [1.54, 1.807) is 12.1 Å². The fourth-order valence-electron chi connectivity index (χ4n) is 2.20. The van der Waals surface area contributed by atoms with Crippen molar-refractivity contribution in [2.24, 2.45) is 0 Å². The Morgan fingerprint density at radius 1 is 1.20 bits per heavy atom. The molecule has 0 aromatic heterocycles. The Morgan fingerprint density at radius 3 is 2.48 bits per heavy atom. The highest BCUT2D eigenvalue weighted by Crippen LogP contribution is 2.23. The lowest BCUT2D eigenvalue weighted by Crippen LogP contribution is -2.37. The van der Waals surface area contributed by atoms with E-state index in [9.17, 15) is 23.3 Å². The van der Waals surface area contributed by atoms with Crippen molar-refractivity contribution in [3.8, 4) is 0 Å². The number of anilines is 2. The molecule has 0 bridgehead atoms. The van der Waals surface area contributed by atoms with Crippen LogP contribution in [0.1, 0.15) is 5.56 Å². The van der Waals surface area contributed by atoms with Crippen LogP contribution in [0.5, 0.6) is 0 Å². The molecule has 1 N–H and O–H groups in total. The normalized spacial score (nSPS) is 11.0. The van der Waals surface area contributed by atoms with E-state index in [2.05, 4.69) is 5.32 Å². The van der Waals surface area contributed by atoms with Crippen molar-refractivity contribution in [3.05, 3.63) is 64.2 Å². The molecule has 0 aliphatic carbocycles. The molecule has 0 aliphatic heterocycles. The highest BCUT2D eigenvalue weighted by Gasteiger charge is 2.22. The van der Waals surface area contributed by atoms with Gasteiger partial charge in [0.15, 0.2) is 0 Å². The largest absolute Gasteiger partial charge is 0.324 e. The van der Waals surface area contributed by atoms with E-state index in [1.165, 1.54) is 18.2 Å². The predicted octanol–water partition coefficient (Wildman–Crippen LogP) is 2.31. The van der Waals surface area contributed by atoms with Crippen LogP contribution < -0.4 is 9.62 Å². The summed E-state index contributed by atoms with van der Waals surface area (Å²) in [4.78, 5) is 22.5. The number of carbonyl (C=O) groups excluding carboxylic acids is 1. The van der Waals surface area contributed by atoms with Gasteiger partial charge in [0.2, 0.25) is 15.9 Å². The highest BCUT2D eigenvalue weighted by atomic mass is 32.2. The van der Waals surface area contributed by atoms with E-state index in [4.69, 9.17) is 0 Å². The summed E-state index contributed by atoms with van der Waals surface area (Å²) in [6.45, 7) is 1.32. The summed E-state index contributed by atoms with van der Waals surface area (Å²) in [7, 11) is -3.81. The van der Waals surface area contributed by atoms with Crippen molar-refractivity contribution < 1.29 is 18.1 Å². The average Bonchev–Trinajstić information content (AvgIpc) is 2.54. The van der Waals surface area contributed by atoms with Gasteiger partial charge in [-0.3, -0.25) is 19.2 Å². The minimum absolute atomic E-state index is 0.0524. The lowest BCUT2D eigenvalue weighted by atomic mass is 10.2. The van der Waals surface area contributed by atoms with Crippen LogP contribution in [-0.2, 0) is 14.8 Å². The summed E-state index contributed by atoms with van der Waals surface area (Å²) >= 11 is 0. The first kappa shape index (κ1) is 18.4. The molecule has 0 radical (unpaired) electrons. The summed E-state index contributed by atoms with van der Waals surface area (Å²) in [5.41, 5.74) is 1.19. The fraction of sp³-hybridized carbons (Fsp3) is 0.188. The van der Waals surface area contributed by atoms with Crippen LogP contribution in [0.4, 0.5) is 17.1 Å². The van der Waals surface area contributed by atoms with E-state index in [-0.39, 0.29) is 11.4 Å². The fourth-order valence-corrected chi connectivity index (χ4v) is 3.04. The van der Waals surface area contributed by atoms with Crippen molar-refractivity contribution in [3.63, 3.8) is 0 Å². The number of nitrogens with one attached hydrogen (secondary N) is 1. The zero-order valence-electron chi connectivity index (χ0n) is 13.7. The minimum Gasteiger partial charge on any atom is -0.324 e. The molecule has 25 heavy (non-hydrogen) atoms. The number of nitrogens with zero attached hydrogens (tertiary/aromatic N) is 2. The number of carbonyl (C=O) groups is 1. The number of hydrogen-bond acceptors (Lipinski definition) is 5. The zero-order chi connectivity index (χ0) is 18.6. The Balaban J connectivity index is 2.27. The number of benzene rings is 2. The summed E-state index contributed by atoms with van der Waals surface area (Å²) in [5.74, 6) is -0.550. The lowest BCUT2D eigenvalue weighted by molar-refractivity contribution is -0.384. The topological polar surface area (TPSA) is 110 Å². The van der Waals surface area contributed by atoms with E-state index in [0.29, 0.717) is 5.69 Å². The second-order valence-corrected chi connectivity index (χ2v) is 7.32. The van der Waals surface area contributed by atoms with Crippen molar-refractivity contribution in [2.45, 2.75) is 6.92 Å². The van der Waals surface area contributed by atoms with E-state index in [0.717, 1.165) is 22.2 Å². The van der Waals surface area contributed by atoms with Gasteiger partial charge < -0.3 is 5.32 Å². The van der Waals surface area contributed by atoms with Crippen LogP contribution >= 0.6 is 0 Å². The minimum atomic E-state index is -3.81. The number of nitro benzene ring substituents is 1. The van der Waals surface area contributed by atoms with Crippen molar-refractivity contribution >= 4 is 33.0 Å².